The third-order valence-corrected chi connectivity index (χ3v) is 10.5. The molecule has 1 spiro atoms. The number of hydrogen-bond donors (Lipinski definition) is 2. The van der Waals surface area contributed by atoms with Crippen LogP contribution in [0.1, 0.15) is 54.9 Å². The van der Waals surface area contributed by atoms with Gasteiger partial charge in [0.05, 0.1) is 22.6 Å². The summed E-state index contributed by atoms with van der Waals surface area (Å²) in [5.74, 6) is 0.651. The molecule has 1 saturated heterocycles. The van der Waals surface area contributed by atoms with Crippen LogP contribution in [0.25, 0.3) is 6.08 Å². The number of likely N-dealkylation sites (tertiary alicyclic amines) is 1. The van der Waals surface area contributed by atoms with Gasteiger partial charge in [-0.15, -0.1) is 0 Å². The minimum Gasteiger partial charge on any atom is -0.504 e. The summed E-state index contributed by atoms with van der Waals surface area (Å²) in [6.07, 6.45) is 1.95. The van der Waals surface area contributed by atoms with Crippen molar-refractivity contribution in [2.75, 3.05) is 20.1 Å². The average molecular weight is 569 g/mol. The molecule has 0 radical (unpaired) electrons. The van der Waals surface area contributed by atoms with E-state index in [-0.39, 0.29) is 29.2 Å². The van der Waals surface area contributed by atoms with Crippen molar-refractivity contribution in [1.29, 1.82) is 0 Å². The topological polar surface area (TPSA) is 73.2 Å². The smallest absolute Gasteiger partial charge is 0.416 e. The number of piperidine rings is 1. The zero-order chi connectivity index (χ0) is 28.9. The average Bonchev–Trinajstić information content (AvgIpc) is 3.67. The van der Waals surface area contributed by atoms with E-state index < -0.39 is 34.9 Å². The largest absolute Gasteiger partial charge is 0.504 e. The lowest BCUT2D eigenvalue weighted by molar-refractivity contribution is -0.212. The van der Waals surface area contributed by atoms with E-state index in [0.717, 1.165) is 36.3 Å². The number of aliphatic hydroxyl groups is 1. The minimum atomic E-state index is -4.47. The Balaban J connectivity index is 1.24. The highest BCUT2D eigenvalue weighted by molar-refractivity contribution is 5.92. The maximum atomic E-state index is 13.5. The fraction of sp³-hybridized carbons (Fsp3) is 0.531. The van der Waals surface area contributed by atoms with Gasteiger partial charge >= 0.3 is 6.18 Å². The van der Waals surface area contributed by atoms with Crippen LogP contribution in [0.3, 0.4) is 0 Å². The van der Waals surface area contributed by atoms with E-state index in [1.807, 2.05) is 13.0 Å². The van der Waals surface area contributed by atoms with Gasteiger partial charge in [-0.3, -0.25) is 9.69 Å². The summed E-state index contributed by atoms with van der Waals surface area (Å²) in [6, 6.07) is 8.00. The van der Waals surface area contributed by atoms with E-state index in [1.165, 1.54) is 37.1 Å². The molecule has 1 amide bonds. The lowest BCUT2D eigenvalue weighted by Crippen LogP contribution is -2.79. The molecular formula is C32H35F3N2O4. The summed E-state index contributed by atoms with van der Waals surface area (Å²) < 4.78 is 46.1. The van der Waals surface area contributed by atoms with E-state index >= 15 is 0 Å². The Morgan fingerprint density at radius 1 is 1.24 bits per heavy atom. The second-order valence-corrected chi connectivity index (χ2v) is 12.9. The Kier molecular flexibility index (Phi) is 5.88. The maximum Gasteiger partial charge on any atom is 0.416 e. The van der Waals surface area contributed by atoms with Crippen molar-refractivity contribution in [3.05, 3.63) is 64.7 Å². The van der Waals surface area contributed by atoms with Crippen molar-refractivity contribution < 1.29 is 32.9 Å². The molecule has 2 aromatic carbocycles. The van der Waals surface area contributed by atoms with Gasteiger partial charge in [-0.1, -0.05) is 25.1 Å². The van der Waals surface area contributed by atoms with Crippen molar-refractivity contribution in [1.82, 2.24) is 9.80 Å². The first-order chi connectivity index (χ1) is 19.4. The standard InChI is InChI=1S/C32H35F3N2O4/c1-18-16-31(40)24-15-21-9-10-23(38)28-26(21)30(31,12-13-37(24)17-20-6-7-20)29(41-28)27(18)36(2)25(39)11-8-19-4-3-5-22(14-19)32(33,34)35/h3-5,8-11,14,18,20,24,27,29,38,40H,6-7,12-13,15-17H2,1-2H3/t18-,24-,27-,29+,30+,31-/m1/s1. The fourth-order valence-corrected chi connectivity index (χ4v) is 8.56. The molecular weight excluding hydrogens is 533 g/mol. The Morgan fingerprint density at radius 3 is 2.76 bits per heavy atom. The Labute approximate surface area is 237 Å². The number of carbonyl (C=O) groups is 1. The highest BCUT2D eigenvalue weighted by atomic mass is 19.4. The van der Waals surface area contributed by atoms with Gasteiger partial charge in [0.15, 0.2) is 11.5 Å². The predicted octanol–water partition coefficient (Wildman–Crippen LogP) is 4.76. The van der Waals surface area contributed by atoms with Crippen molar-refractivity contribution >= 4 is 12.0 Å². The van der Waals surface area contributed by atoms with Gasteiger partial charge in [0, 0.05) is 31.3 Å². The van der Waals surface area contributed by atoms with Crippen molar-refractivity contribution in [3.63, 3.8) is 0 Å². The van der Waals surface area contributed by atoms with Crippen LogP contribution in [0.2, 0.25) is 0 Å². The van der Waals surface area contributed by atoms with Crippen LogP contribution < -0.4 is 4.74 Å². The first-order valence-electron chi connectivity index (χ1n) is 14.5. The van der Waals surface area contributed by atoms with Crippen LogP contribution in [-0.4, -0.2) is 69.8 Å². The van der Waals surface area contributed by atoms with Crippen LogP contribution in [0, 0.1) is 11.8 Å². The summed E-state index contributed by atoms with van der Waals surface area (Å²) in [6.45, 7) is 3.82. The molecule has 2 aromatic rings. The number of hydrogen-bond acceptors (Lipinski definition) is 5. The van der Waals surface area contributed by atoms with E-state index in [4.69, 9.17) is 4.74 Å². The second-order valence-electron chi connectivity index (χ2n) is 12.9. The number of rotatable bonds is 5. The molecule has 3 fully saturated rings. The zero-order valence-electron chi connectivity index (χ0n) is 23.2. The first kappa shape index (κ1) is 26.8. The molecule has 218 valence electrons. The van der Waals surface area contributed by atoms with Gasteiger partial charge in [0.2, 0.25) is 5.91 Å². The number of amides is 1. The Morgan fingerprint density at radius 2 is 2.02 bits per heavy atom. The molecule has 5 aliphatic rings. The molecule has 9 heteroatoms. The highest BCUT2D eigenvalue weighted by Gasteiger charge is 2.74. The van der Waals surface area contributed by atoms with Gasteiger partial charge in [0.1, 0.15) is 6.10 Å². The molecule has 6 nitrogen and oxygen atoms in total. The predicted molar refractivity (Wildman–Crippen MR) is 146 cm³/mol. The van der Waals surface area contributed by atoms with Gasteiger partial charge in [-0.05, 0) is 85.9 Å². The molecule has 7 rings (SSSR count). The number of aromatic hydroxyl groups is 1. The van der Waals surface area contributed by atoms with Gasteiger partial charge in [0.25, 0.3) is 0 Å². The molecule has 2 N–H and O–H groups in total. The van der Waals surface area contributed by atoms with Crippen LogP contribution >= 0.6 is 0 Å². The lowest BCUT2D eigenvalue weighted by Gasteiger charge is -2.66. The third-order valence-electron chi connectivity index (χ3n) is 10.5. The summed E-state index contributed by atoms with van der Waals surface area (Å²) in [5.41, 5.74) is -0.358. The number of halogens is 3. The van der Waals surface area contributed by atoms with Crippen LogP contribution in [0.4, 0.5) is 13.2 Å². The molecule has 2 saturated carbocycles. The number of phenolic OH excluding ortho intramolecular Hbond substituents is 1. The van der Waals surface area contributed by atoms with E-state index in [9.17, 15) is 28.2 Å². The molecule has 0 aromatic heterocycles. The molecule has 41 heavy (non-hydrogen) atoms. The Bertz CT molecular complexity index is 1440. The molecule has 2 heterocycles. The zero-order valence-corrected chi connectivity index (χ0v) is 23.2. The fourth-order valence-electron chi connectivity index (χ4n) is 8.56. The lowest BCUT2D eigenvalue weighted by atomic mass is 9.46. The monoisotopic (exact) mass is 568 g/mol. The normalized spacial score (nSPS) is 33.9. The molecule has 2 bridgehead atoms. The van der Waals surface area contributed by atoms with Gasteiger partial charge in [-0.25, -0.2) is 0 Å². The summed E-state index contributed by atoms with van der Waals surface area (Å²) >= 11 is 0. The third kappa shape index (κ3) is 3.88. The number of carbonyl (C=O) groups excluding carboxylic acids is 1. The maximum absolute atomic E-state index is 13.5. The number of likely N-dealkylation sites (N-methyl/N-ethyl adjacent to an activating group) is 1. The van der Waals surface area contributed by atoms with Crippen molar-refractivity contribution in [3.8, 4) is 11.5 Å². The first-order valence-corrected chi connectivity index (χ1v) is 14.5. The minimum absolute atomic E-state index is 0.0403. The number of nitrogens with zero attached hydrogens (tertiary/aromatic N) is 2. The summed E-state index contributed by atoms with van der Waals surface area (Å²) in [7, 11) is 1.69. The van der Waals surface area contributed by atoms with Gasteiger partial charge in [-0.2, -0.15) is 13.2 Å². The Hall–Kier alpha value is -3.04. The molecule has 2 aliphatic heterocycles. The van der Waals surface area contributed by atoms with E-state index in [0.29, 0.717) is 30.9 Å². The number of ether oxygens (including phenoxy) is 1. The van der Waals surface area contributed by atoms with Gasteiger partial charge < -0.3 is 19.8 Å². The second kappa shape index (κ2) is 8.98. The highest BCUT2D eigenvalue weighted by Crippen LogP contribution is 2.66. The van der Waals surface area contributed by atoms with E-state index in [2.05, 4.69) is 4.90 Å². The molecule has 3 aliphatic carbocycles. The van der Waals surface area contributed by atoms with Crippen LogP contribution in [0.15, 0.2) is 42.5 Å². The molecule has 6 atom stereocenters. The quantitative estimate of drug-likeness (QED) is 0.509. The van der Waals surface area contributed by atoms with Crippen LogP contribution in [0.5, 0.6) is 11.5 Å². The molecule has 0 unspecified atom stereocenters. The number of benzene rings is 2. The summed E-state index contributed by atoms with van der Waals surface area (Å²) in [5, 5.41) is 23.6. The number of alkyl halides is 3. The number of phenols is 1. The van der Waals surface area contributed by atoms with Crippen molar-refractivity contribution in [2.24, 2.45) is 11.8 Å². The van der Waals surface area contributed by atoms with E-state index in [1.54, 1.807) is 18.0 Å². The SMILES string of the molecule is C[C@@H]1C[C@@]2(O)[C@H]3Cc4ccc(O)c5c4[C@@]2(CCN3CC2CC2)[C@@H](O5)[C@@H]1N(C)C(=O)C=Cc1cccc(C(F)(F)F)c1. The summed E-state index contributed by atoms with van der Waals surface area (Å²) in [4.78, 5) is 17.6. The van der Waals surface area contributed by atoms with Crippen LogP contribution in [-0.2, 0) is 22.8 Å². The van der Waals surface area contributed by atoms with Crippen molar-refractivity contribution in [2.45, 2.75) is 74.4 Å².